The van der Waals surface area contributed by atoms with Crippen molar-refractivity contribution in [2.45, 2.75) is 6.54 Å². The molecule has 1 aliphatic rings. The fourth-order valence-electron chi connectivity index (χ4n) is 3.24. The first-order chi connectivity index (χ1) is 14.2. The lowest BCUT2D eigenvalue weighted by Gasteiger charge is -2.27. The van der Waals surface area contributed by atoms with Crippen molar-refractivity contribution in [3.05, 3.63) is 64.4 Å². The van der Waals surface area contributed by atoms with E-state index in [4.69, 9.17) is 21.6 Å². The molecule has 2 aromatic carbocycles. The smallest absolute Gasteiger partial charge is 0.255 e. The molecule has 1 N–H and O–H groups in total. The number of carbonyl (C=O) groups excluding carboxylic acids is 1. The number of halogens is 1. The molecule has 0 aliphatic carbocycles. The Bertz CT molecular complexity index is 1110. The number of rotatable bonds is 4. The summed E-state index contributed by atoms with van der Waals surface area (Å²) >= 11 is 6.29. The number of hydrogen-bond donors (Lipinski definition) is 1. The number of carbonyl (C=O) groups is 1. The number of nitrogens with one attached hydrogen (secondary N) is 1. The van der Waals surface area contributed by atoms with Crippen LogP contribution in [-0.2, 0) is 11.3 Å². The van der Waals surface area contributed by atoms with Gasteiger partial charge in [-0.15, -0.1) is 0 Å². The Balaban J connectivity index is 1.56. The Morgan fingerprint density at radius 3 is 2.83 bits per heavy atom. The molecule has 3 aromatic rings. The van der Waals surface area contributed by atoms with Gasteiger partial charge in [-0.1, -0.05) is 17.7 Å². The van der Waals surface area contributed by atoms with E-state index in [-0.39, 0.29) is 5.91 Å². The molecule has 0 atom stereocenters. The second-order valence-corrected chi connectivity index (χ2v) is 7.05. The van der Waals surface area contributed by atoms with Crippen LogP contribution in [0.1, 0.15) is 21.5 Å². The Kier molecular flexibility index (Phi) is 5.56. The Hall–Kier alpha value is -3.21. The number of nitriles is 1. The summed E-state index contributed by atoms with van der Waals surface area (Å²) in [7, 11) is 0. The molecule has 0 unspecified atom stereocenters. The van der Waals surface area contributed by atoms with Gasteiger partial charge in [0.15, 0.2) is 0 Å². The average molecular weight is 408 g/mol. The van der Waals surface area contributed by atoms with Crippen molar-refractivity contribution in [2.24, 2.45) is 0 Å². The zero-order valence-corrected chi connectivity index (χ0v) is 16.3. The third-order valence-electron chi connectivity index (χ3n) is 4.78. The van der Waals surface area contributed by atoms with E-state index in [0.29, 0.717) is 54.8 Å². The predicted octanol–water partition coefficient (Wildman–Crippen LogP) is 3.24. The van der Waals surface area contributed by atoms with Gasteiger partial charge in [-0.2, -0.15) is 5.26 Å². The fraction of sp³-hybridized carbons (Fsp3) is 0.238. The highest BCUT2D eigenvalue weighted by Gasteiger charge is 2.21. The third kappa shape index (κ3) is 4.14. The number of nitrogens with zero attached hydrogens (tertiary/aromatic N) is 4. The fourth-order valence-corrected chi connectivity index (χ4v) is 3.43. The van der Waals surface area contributed by atoms with Gasteiger partial charge in [0, 0.05) is 25.0 Å². The summed E-state index contributed by atoms with van der Waals surface area (Å²) in [5.41, 5.74) is 2.67. The molecule has 1 aliphatic heterocycles. The summed E-state index contributed by atoms with van der Waals surface area (Å²) < 4.78 is 5.31. The predicted molar refractivity (Wildman–Crippen MR) is 110 cm³/mol. The number of hydrogen-bond acceptors (Lipinski definition) is 6. The molecule has 4 rings (SSSR count). The zero-order chi connectivity index (χ0) is 20.2. The highest BCUT2D eigenvalue weighted by atomic mass is 35.5. The van der Waals surface area contributed by atoms with E-state index in [9.17, 15) is 4.79 Å². The van der Waals surface area contributed by atoms with E-state index < -0.39 is 0 Å². The van der Waals surface area contributed by atoms with Gasteiger partial charge in [0.2, 0.25) is 0 Å². The maximum Gasteiger partial charge on any atom is 0.255 e. The molecule has 8 heteroatoms. The summed E-state index contributed by atoms with van der Waals surface area (Å²) in [4.78, 5) is 23.1. The Morgan fingerprint density at radius 1 is 1.21 bits per heavy atom. The Labute approximate surface area is 172 Å². The number of fused-ring (bicyclic) bond motifs is 1. The molecule has 0 radical (unpaired) electrons. The molecule has 0 bridgehead atoms. The lowest BCUT2D eigenvalue weighted by atomic mass is 10.1. The maximum absolute atomic E-state index is 12.8. The second kappa shape index (κ2) is 8.43. The van der Waals surface area contributed by atoms with Crippen LogP contribution in [0.5, 0.6) is 0 Å². The normalized spacial score (nSPS) is 13.9. The number of morpholine rings is 1. The van der Waals surface area contributed by atoms with Crippen molar-refractivity contribution in [3.8, 4) is 6.07 Å². The Morgan fingerprint density at radius 2 is 2.03 bits per heavy atom. The van der Waals surface area contributed by atoms with Crippen LogP contribution in [0.4, 0.5) is 5.82 Å². The van der Waals surface area contributed by atoms with Crippen LogP contribution in [0.15, 0.2) is 42.7 Å². The largest absolute Gasteiger partial charge is 0.378 e. The zero-order valence-electron chi connectivity index (χ0n) is 15.6. The van der Waals surface area contributed by atoms with Gasteiger partial charge >= 0.3 is 0 Å². The van der Waals surface area contributed by atoms with Crippen molar-refractivity contribution in [1.29, 1.82) is 5.26 Å². The van der Waals surface area contributed by atoms with Gasteiger partial charge in [0.25, 0.3) is 5.91 Å². The van der Waals surface area contributed by atoms with Gasteiger partial charge < -0.3 is 15.0 Å². The summed E-state index contributed by atoms with van der Waals surface area (Å²) in [6.45, 7) is 2.65. The van der Waals surface area contributed by atoms with E-state index in [1.165, 1.54) is 6.33 Å². The van der Waals surface area contributed by atoms with Crippen LogP contribution in [0.25, 0.3) is 10.9 Å². The highest BCUT2D eigenvalue weighted by molar-refractivity contribution is 6.33. The van der Waals surface area contributed by atoms with Gasteiger partial charge in [-0.05, 0) is 35.9 Å². The van der Waals surface area contributed by atoms with Crippen molar-refractivity contribution >= 4 is 34.2 Å². The molecular weight excluding hydrogens is 390 g/mol. The molecule has 2 heterocycles. The monoisotopic (exact) mass is 407 g/mol. The summed E-state index contributed by atoms with van der Waals surface area (Å²) in [6.07, 6.45) is 1.48. The van der Waals surface area contributed by atoms with E-state index >= 15 is 0 Å². The average Bonchev–Trinajstić information content (AvgIpc) is 2.78. The quantitative estimate of drug-likeness (QED) is 0.713. The standard InChI is InChI=1S/C21H18ClN5O2/c22-18-3-1-15(10-16(18)21(28)27-5-7-29-8-6-27)12-24-20-17-9-14(11-23)2-4-19(17)25-13-26-20/h1-4,9-10,13H,5-8,12H2,(H,24,25,26). The van der Waals surface area contributed by atoms with E-state index in [2.05, 4.69) is 21.4 Å². The molecule has 146 valence electrons. The van der Waals surface area contributed by atoms with Gasteiger partial charge in [-0.3, -0.25) is 4.79 Å². The third-order valence-corrected chi connectivity index (χ3v) is 5.11. The minimum atomic E-state index is -0.0914. The maximum atomic E-state index is 12.8. The number of ether oxygens (including phenoxy) is 1. The van der Waals surface area contributed by atoms with E-state index in [0.717, 1.165) is 16.5 Å². The first-order valence-corrected chi connectivity index (χ1v) is 9.57. The summed E-state index contributed by atoms with van der Waals surface area (Å²) in [5.74, 6) is 0.536. The molecule has 7 nitrogen and oxygen atoms in total. The van der Waals surface area contributed by atoms with Crippen LogP contribution in [0.3, 0.4) is 0 Å². The lowest BCUT2D eigenvalue weighted by Crippen LogP contribution is -2.40. The van der Waals surface area contributed by atoms with Gasteiger partial charge in [-0.25, -0.2) is 9.97 Å². The molecule has 1 saturated heterocycles. The number of aromatic nitrogens is 2. The molecule has 29 heavy (non-hydrogen) atoms. The summed E-state index contributed by atoms with van der Waals surface area (Å²) in [6, 6.07) is 12.8. The molecule has 1 amide bonds. The topological polar surface area (TPSA) is 91.1 Å². The SMILES string of the molecule is N#Cc1ccc2ncnc(NCc3ccc(Cl)c(C(=O)N4CCOCC4)c3)c2c1. The van der Waals surface area contributed by atoms with Crippen LogP contribution >= 0.6 is 11.6 Å². The van der Waals surface area contributed by atoms with Crippen molar-refractivity contribution < 1.29 is 9.53 Å². The summed E-state index contributed by atoms with van der Waals surface area (Å²) in [5, 5.41) is 13.6. The molecule has 0 spiro atoms. The van der Waals surface area contributed by atoms with Crippen LogP contribution in [-0.4, -0.2) is 47.1 Å². The molecule has 0 saturated carbocycles. The van der Waals surface area contributed by atoms with Gasteiger partial charge in [0.05, 0.1) is 40.9 Å². The molecule has 1 aromatic heterocycles. The van der Waals surface area contributed by atoms with E-state index in [1.54, 1.807) is 35.2 Å². The van der Waals surface area contributed by atoms with Gasteiger partial charge in [0.1, 0.15) is 12.1 Å². The van der Waals surface area contributed by atoms with Crippen LogP contribution < -0.4 is 5.32 Å². The first-order valence-electron chi connectivity index (χ1n) is 9.20. The number of amides is 1. The van der Waals surface area contributed by atoms with Crippen LogP contribution in [0.2, 0.25) is 5.02 Å². The number of anilines is 1. The lowest BCUT2D eigenvalue weighted by molar-refractivity contribution is 0.0303. The van der Waals surface area contributed by atoms with Crippen LogP contribution in [0, 0.1) is 11.3 Å². The first kappa shape index (κ1) is 19.1. The minimum Gasteiger partial charge on any atom is -0.378 e. The minimum absolute atomic E-state index is 0.0914. The molecule has 1 fully saturated rings. The van der Waals surface area contributed by atoms with Crippen molar-refractivity contribution in [1.82, 2.24) is 14.9 Å². The van der Waals surface area contributed by atoms with E-state index in [1.807, 2.05) is 6.07 Å². The number of benzene rings is 2. The van der Waals surface area contributed by atoms with Crippen molar-refractivity contribution in [2.75, 3.05) is 31.6 Å². The molecular formula is C21H18ClN5O2. The second-order valence-electron chi connectivity index (χ2n) is 6.64. The van der Waals surface area contributed by atoms with Crippen molar-refractivity contribution in [3.63, 3.8) is 0 Å². The highest BCUT2D eigenvalue weighted by Crippen LogP contribution is 2.23.